The number of nitrogen functional groups attached to an aromatic ring is 1. The van der Waals surface area contributed by atoms with Crippen molar-refractivity contribution in [3.05, 3.63) is 22.2 Å². The minimum atomic E-state index is 0.0398. The lowest BCUT2D eigenvalue weighted by molar-refractivity contribution is 0.0343. The molecule has 0 aromatic heterocycles. The van der Waals surface area contributed by atoms with Gasteiger partial charge in [0.15, 0.2) is 0 Å². The molecular weight excluding hydrogens is 282 g/mol. The smallest absolute Gasteiger partial charge is 0.127 e. The zero-order valence-corrected chi connectivity index (χ0v) is 11.1. The van der Waals surface area contributed by atoms with E-state index in [0.717, 1.165) is 35.2 Å². The van der Waals surface area contributed by atoms with Gasteiger partial charge in [-0.3, -0.25) is 0 Å². The summed E-state index contributed by atoms with van der Waals surface area (Å²) in [4.78, 5) is 0. The Hall–Kier alpha value is -1.07. The lowest BCUT2D eigenvalue weighted by Gasteiger charge is -2.25. The van der Waals surface area contributed by atoms with Gasteiger partial charge in [0.25, 0.3) is 0 Å². The molecule has 0 aliphatic carbocycles. The van der Waals surface area contributed by atoms with Crippen LogP contribution < -0.4 is 11.1 Å². The van der Waals surface area contributed by atoms with E-state index in [4.69, 9.17) is 15.9 Å². The van der Waals surface area contributed by atoms with Crippen molar-refractivity contribution in [3.8, 4) is 0 Å². The molecule has 1 fully saturated rings. The van der Waals surface area contributed by atoms with Gasteiger partial charge in [0.1, 0.15) is 6.23 Å². The first-order valence-electron chi connectivity index (χ1n) is 5.68. The van der Waals surface area contributed by atoms with Gasteiger partial charge in [0, 0.05) is 34.2 Å². The maximum Gasteiger partial charge on any atom is 0.127 e. The summed E-state index contributed by atoms with van der Waals surface area (Å²) in [6.07, 6.45) is 4.64. The summed E-state index contributed by atoms with van der Waals surface area (Å²) in [5.74, 6) is 0. The third-order valence-corrected chi connectivity index (χ3v) is 3.51. The number of anilines is 2. The SMILES string of the molecule is N=Cc1cc(N)c(Br)cc1NC1CCCCO1. The molecule has 0 saturated carbocycles. The molecule has 92 valence electrons. The molecular formula is C12H16BrN3O. The van der Waals surface area contributed by atoms with Gasteiger partial charge in [-0.05, 0) is 47.3 Å². The third-order valence-electron chi connectivity index (χ3n) is 2.82. The molecule has 0 radical (unpaired) electrons. The quantitative estimate of drug-likeness (QED) is 0.593. The molecule has 5 heteroatoms. The van der Waals surface area contributed by atoms with Crippen LogP contribution >= 0.6 is 15.9 Å². The van der Waals surface area contributed by atoms with Crippen molar-refractivity contribution < 1.29 is 4.74 Å². The highest BCUT2D eigenvalue weighted by atomic mass is 79.9. The molecule has 2 rings (SSSR count). The second-order valence-electron chi connectivity index (χ2n) is 4.10. The molecule has 1 aromatic carbocycles. The van der Waals surface area contributed by atoms with Crippen LogP contribution in [0, 0.1) is 5.41 Å². The highest BCUT2D eigenvalue weighted by Gasteiger charge is 2.15. The first-order chi connectivity index (χ1) is 8.20. The summed E-state index contributed by atoms with van der Waals surface area (Å²) in [6.45, 7) is 0.799. The van der Waals surface area contributed by atoms with E-state index in [9.17, 15) is 0 Å². The van der Waals surface area contributed by atoms with Crippen LogP contribution in [-0.2, 0) is 4.74 Å². The first kappa shape index (κ1) is 12.4. The molecule has 1 aliphatic rings. The van der Waals surface area contributed by atoms with E-state index >= 15 is 0 Å². The van der Waals surface area contributed by atoms with Crippen LogP contribution in [0.2, 0.25) is 0 Å². The number of hydrogen-bond donors (Lipinski definition) is 3. The minimum Gasteiger partial charge on any atom is -0.398 e. The van der Waals surface area contributed by atoms with Crippen molar-refractivity contribution in [2.75, 3.05) is 17.7 Å². The van der Waals surface area contributed by atoms with Gasteiger partial charge in [0.2, 0.25) is 0 Å². The zero-order chi connectivity index (χ0) is 12.3. The van der Waals surface area contributed by atoms with Crippen LogP contribution in [0.5, 0.6) is 0 Å². The summed E-state index contributed by atoms with van der Waals surface area (Å²) in [7, 11) is 0. The molecule has 1 heterocycles. The Morgan fingerprint density at radius 1 is 1.47 bits per heavy atom. The van der Waals surface area contributed by atoms with E-state index < -0.39 is 0 Å². The first-order valence-corrected chi connectivity index (χ1v) is 6.47. The van der Waals surface area contributed by atoms with Crippen LogP contribution in [0.4, 0.5) is 11.4 Å². The van der Waals surface area contributed by atoms with Gasteiger partial charge in [-0.15, -0.1) is 0 Å². The molecule has 1 saturated heterocycles. The van der Waals surface area contributed by atoms with E-state index in [1.165, 1.54) is 12.6 Å². The summed E-state index contributed by atoms with van der Waals surface area (Å²) < 4.78 is 6.45. The van der Waals surface area contributed by atoms with E-state index in [0.29, 0.717) is 5.69 Å². The van der Waals surface area contributed by atoms with Crippen LogP contribution in [0.3, 0.4) is 0 Å². The predicted octanol–water partition coefficient (Wildman–Crippen LogP) is 2.97. The standard InChI is InChI=1S/C12H16BrN3O/c13-9-6-11(8(7-14)5-10(9)15)16-12-3-1-2-4-17-12/h5-7,12,14,16H,1-4,15H2. The highest BCUT2D eigenvalue weighted by molar-refractivity contribution is 9.10. The van der Waals surface area contributed by atoms with Crippen molar-refractivity contribution >= 4 is 33.5 Å². The van der Waals surface area contributed by atoms with Crippen LogP contribution in [0.25, 0.3) is 0 Å². The van der Waals surface area contributed by atoms with Gasteiger partial charge in [-0.25, -0.2) is 0 Å². The lowest BCUT2D eigenvalue weighted by Crippen LogP contribution is -2.27. The van der Waals surface area contributed by atoms with Gasteiger partial charge < -0.3 is 21.2 Å². The Morgan fingerprint density at radius 2 is 2.29 bits per heavy atom. The Morgan fingerprint density at radius 3 is 2.94 bits per heavy atom. The van der Waals surface area contributed by atoms with E-state index in [-0.39, 0.29) is 6.23 Å². The zero-order valence-electron chi connectivity index (χ0n) is 9.50. The number of hydrogen-bond acceptors (Lipinski definition) is 4. The van der Waals surface area contributed by atoms with Crippen LogP contribution in [0.15, 0.2) is 16.6 Å². The Bertz CT molecular complexity index is 416. The topological polar surface area (TPSA) is 71.1 Å². The molecule has 4 nitrogen and oxygen atoms in total. The van der Waals surface area contributed by atoms with Gasteiger partial charge in [0.05, 0.1) is 0 Å². The Labute approximate surface area is 109 Å². The molecule has 1 aromatic rings. The fourth-order valence-electron chi connectivity index (χ4n) is 1.88. The fourth-order valence-corrected chi connectivity index (χ4v) is 2.22. The fraction of sp³-hybridized carbons (Fsp3) is 0.417. The largest absolute Gasteiger partial charge is 0.398 e. The van der Waals surface area contributed by atoms with Crippen molar-refractivity contribution in [1.29, 1.82) is 5.41 Å². The van der Waals surface area contributed by atoms with Crippen LogP contribution in [-0.4, -0.2) is 19.0 Å². The molecule has 0 bridgehead atoms. The van der Waals surface area contributed by atoms with Crippen molar-refractivity contribution in [3.63, 3.8) is 0 Å². The summed E-state index contributed by atoms with van der Waals surface area (Å²) in [5.41, 5.74) is 8.09. The molecule has 1 atom stereocenters. The minimum absolute atomic E-state index is 0.0398. The average Bonchev–Trinajstić information content (AvgIpc) is 2.35. The van der Waals surface area contributed by atoms with Crippen molar-refractivity contribution in [2.24, 2.45) is 0 Å². The number of rotatable bonds is 3. The average molecular weight is 298 g/mol. The molecule has 0 spiro atoms. The Balaban J connectivity index is 2.18. The van der Waals surface area contributed by atoms with E-state index in [2.05, 4.69) is 21.2 Å². The normalized spacial score (nSPS) is 19.9. The predicted molar refractivity (Wildman–Crippen MR) is 73.7 cm³/mol. The molecule has 0 amide bonds. The van der Waals surface area contributed by atoms with Crippen LogP contribution in [0.1, 0.15) is 24.8 Å². The Kier molecular flexibility index (Phi) is 4.02. The third kappa shape index (κ3) is 2.98. The number of ether oxygens (including phenoxy) is 1. The highest BCUT2D eigenvalue weighted by Crippen LogP contribution is 2.28. The van der Waals surface area contributed by atoms with Crippen molar-refractivity contribution in [1.82, 2.24) is 0 Å². The summed E-state index contributed by atoms with van der Waals surface area (Å²) >= 11 is 3.39. The summed E-state index contributed by atoms with van der Waals surface area (Å²) in [5, 5.41) is 10.7. The van der Waals surface area contributed by atoms with E-state index in [1.807, 2.05) is 6.07 Å². The molecule has 1 unspecified atom stereocenters. The maximum atomic E-state index is 7.39. The number of nitrogens with two attached hydrogens (primary N) is 1. The number of benzene rings is 1. The lowest BCUT2D eigenvalue weighted by atomic mass is 10.1. The maximum absolute atomic E-state index is 7.39. The molecule has 17 heavy (non-hydrogen) atoms. The number of nitrogens with one attached hydrogen (secondary N) is 2. The van der Waals surface area contributed by atoms with Crippen molar-refractivity contribution in [2.45, 2.75) is 25.5 Å². The van der Waals surface area contributed by atoms with E-state index in [1.54, 1.807) is 6.07 Å². The van der Waals surface area contributed by atoms with Gasteiger partial charge in [-0.1, -0.05) is 0 Å². The molecule has 4 N–H and O–H groups in total. The van der Waals surface area contributed by atoms with Gasteiger partial charge >= 0.3 is 0 Å². The number of halogens is 1. The molecule has 1 aliphatic heterocycles. The second kappa shape index (κ2) is 5.51. The summed E-state index contributed by atoms with van der Waals surface area (Å²) in [6, 6.07) is 3.68. The van der Waals surface area contributed by atoms with Gasteiger partial charge in [-0.2, -0.15) is 0 Å². The second-order valence-corrected chi connectivity index (χ2v) is 4.96. The monoisotopic (exact) mass is 297 g/mol.